The van der Waals surface area contributed by atoms with Crippen LogP contribution in [-0.4, -0.2) is 112 Å². The molecule has 2 saturated heterocycles. The second-order valence-corrected chi connectivity index (χ2v) is 5.82. The largest absolute Gasteiger partial charge is 0.383 e. The van der Waals surface area contributed by atoms with Crippen molar-refractivity contribution < 1.29 is 19.1 Å². The molecule has 2 aliphatic heterocycles. The molecule has 0 radical (unpaired) electrons. The Hall–Kier alpha value is -0.640. The summed E-state index contributed by atoms with van der Waals surface area (Å²) in [5.41, 5.74) is 0. The lowest BCUT2D eigenvalue weighted by Gasteiger charge is -2.36. The molecular weight excluding hydrogens is 371 g/mol. The number of carbonyl (C=O) groups excluding carboxylic acids is 2. The summed E-state index contributed by atoms with van der Waals surface area (Å²) >= 11 is 0. The van der Waals surface area contributed by atoms with E-state index in [-0.39, 0.29) is 36.6 Å². The Labute approximate surface area is 162 Å². The summed E-state index contributed by atoms with van der Waals surface area (Å²) in [5.74, 6) is 0.235. The second-order valence-electron chi connectivity index (χ2n) is 5.82. The highest BCUT2D eigenvalue weighted by atomic mass is 35.5. The average Bonchev–Trinajstić information content (AvgIpc) is 2.59. The van der Waals surface area contributed by atoms with Crippen molar-refractivity contribution in [3.63, 3.8) is 0 Å². The van der Waals surface area contributed by atoms with Gasteiger partial charge in [-0.15, -0.1) is 24.8 Å². The first-order valence-electron chi connectivity index (χ1n) is 8.26. The number of morpholine rings is 1. The van der Waals surface area contributed by atoms with E-state index in [0.29, 0.717) is 65.6 Å². The highest BCUT2D eigenvalue weighted by Crippen LogP contribution is 2.05. The maximum absolute atomic E-state index is 12.3. The maximum Gasteiger partial charge on any atom is 0.236 e. The normalized spacial score (nSPS) is 18.3. The highest BCUT2D eigenvalue weighted by Gasteiger charge is 2.25. The van der Waals surface area contributed by atoms with Crippen LogP contribution in [0.1, 0.15) is 0 Å². The molecule has 2 rings (SSSR count). The summed E-state index contributed by atoms with van der Waals surface area (Å²) in [6.07, 6.45) is 0. The Bertz CT molecular complexity index is 390. The van der Waals surface area contributed by atoms with Crippen LogP contribution in [0.25, 0.3) is 0 Å². The van der Waals surface area contributed by atoms with E-state index in [2.05, 4.69) is 10.2 Å². The minimum atomic E-state index is 0. The van der Waals surface area contributed by atoms with Crippen LogP contribution in [0, 0.1) is 0 Å². The third kappa shape index (κ3) is 8.52. The molecule has 0 unspecified atom stereocenters. The lowest BCUT2D eigenvalue weighted by atomic mass is 10.3. The number of carbonyl (C=O) groups is 2. The SMILES string of the molecule is COCCNCC(=O)N1CCN(C(=O)CN2CCOCC2)CC1.Cl.Cl. The minimum absolute atomic E-state index is 0. The molecule has 2 aliphatic rings. The Kier molecular flexibility index (Phi) is 13.2. The number of nitrogens with one attached hydrogen (secondary N) is 1. The molecule has 10 heteroatoms. The quantitative estimate of drug-likeness (QED) is 0.556. The first-order valence-corrected chi connectivity index (χ1v) is 8.26. The van der Waals surface area contributed by atoms with Crippen LogP contribution in [0.4, 0.5) is 0 Å². The lowest BCUT2D eigenvalue weighted by molar-refractivity contribution is -0.140. The number of hydrogen-bond acceptors (Lipinski definition) is 6. The van der Waals surface area contributed by atoms with Gasteiger partial charge in [0.15, 0.2) is 0 Å². The molecule has 0 spiro atoms. The molecular formula is C15H30Cl2N4O4. The summed E-state index contributed by atoms with van der Waals surface area (Å²) in [7, 11) is 1.64. The van der Waals surface area contributed by atoms with Gasteiger partial charge in [-0.1, -0.05) is 0 Å². The van der Waals surface area contributed by atoms with Crippen molar-refractivity contribution in [2.24, 2.45) is 0 Å². The molecule has 8 nitrogen and oxygen atoms in total. The zero-order valence-corrected chi connectivity index (χ0v) is 16.4. The molecule has 0 aromatic carbocycles. The van der Waals surface area contributed by atoms with E-state index in [1.807, 2.05) is 9.80 Å². The van der Waals surface area contributed by atoms with E-state index in [1.165, 1.54) is 0 Å². The maximum atomic E-state index is 12.3. The van der Waals surface area contributed by atoms with Gasteiger partial charge >= 0.3 is 0 Å². The fourth-order valence-electron chi connectivity index (χ4n) is 2.74. The van der Waals surface area contributed by atoms with Crippen LogP contribution in [0.15, 0.2) is 0 Å². The molecule has 25 heavy (non-hydrogen) atoms. The highest BCUT2D eigenvalue weighted by molar-refractivity contribution is 5.85. The Balaban J connectivity index is 0.00000288. The number of nitrogens with zero attached hydrogens (tertiary/aromatic N) is 3. The summed E-state index contributed by atoms with van der Waals surface area (Å²) in [4.78, 5) is 30.2. The summed E-state index contributed by atoms with van der Waals surface area (Å²) in [5, 5.41) is 3.06. The Morgan fingerprint density at radius 3 is 2.08 bits per heavy atom. The predicted molar refractivity (Wildman–Crippen MR) is 99.7 cm³/mol. The van der Waals surface area contributed by atoms with Crippen LogP contribution in [0.2, 0.25) is 0 Å². The predicted octanol–water partition coefficient (Wildman–Crippen LogP) is -0.931. The van der Waals surface area contributed by atoms with Crippen molar-refractivity contribution in [3.8, 4) is 0 Å². The van der Waals surface area contributed by atoms with Crippen molar-refractivity contribution in [2.45, 2.75) is 0 Å². The number of hydrogen-bond donors (Lipinski definition) is 1. The van der Waals surface area contributed by atoms with Gasteiger partial charge in [0.25, 0.3) is 0 Å². The van der Waals surface area contributed by atoms with Crippen molar-refractivity contribution in [1.82, 2.24) is 20.0 Å². The zero-order valence-electron chi connectivity index (χ0n) is 14.8. The standard InChI is InChI=1S/C15H28N4O4.2ClH/c1-22-9-2-16-12-14(20)18-3-5-19(6-4-18)15(21)13-17-7-10-23-11-8-17;;/h16H,2-13H2,1H3;2*1H. The van der Waals surface area contributed by atoms with Crippen LogP contribution < -0.4 is 5.32 Å². The van der Waals surface area contributed by atoms with E-state index >= 15 is 0 Å². The second kappa shape index (κ2) is 13.5. The summed E-state index contributed by atoms with van der Waals surface area (Å²) in [6, 6.07) is 0. The van der Waals surface area contributed by atoms with Gasteiger partial charge in [-0.3, -0.25) is 14.5 Å². The number of halogens is 2. The van der Waals surface area contributed by atoms with Crippen molar-refractivity contribution >= 4 is 36.6 Å². The van der Waals surface area contributed by atoms with Gasteiger partial charge in [-0.25, -0.2) is 0 Å². The van der Waals surface area contributed by atoms with E-state index in [4.69, 9.17) is 9.47 Å². The van der Waals surface area contributed by atoms with Gasteiger partial charge in [0.1, 0.15) is 0 Å². The van der Waals surface area contributed by atoms with Crippen LogP contribution in [0.5, 0.6) is 0 Å². The lowest BCUT2D eigenvalue weighted by Crippen LogP contribution is -2.54. The monoisotopic (exact) mass is 400 g/mol. The molecule has 0 saturated carbocycles. The third-order valence-electron chi connectivity index (χ3n) is 4.21. The number of amides is 2. The van der Waals surface area contributed by atoms with Gasteiger partial charge < -0.3 is 24.6 Å². The number of piperazine rings is 1. The fourth-order valence-corrected chi connectivity index (χ4v) is 2.74. The van der Waals surface area contributed by atoms with E-state index in [0.717, 1.165) is 13.1 Å². The van der Waals surface area contributed by atoms with Crippen molar-refractivity contribution in [1.29, 1.82) is 0 Å². The van der Waals surface area contributed by atoms with Gasteiger partial charge in [0.05, 0.1) is 32.9 Å². The van der Waals surface area contributed by atoms with Crippen LogP contribution in [0.3, 0.4) is 0 Å². The molecule has 0 bridgehead atoms. The number of methoxy groups -OCH3 is 1. The Morgan fingerprint density at radius 2 is 1.52 bits per heavy atom. The fraction of sp³-hybridized carbons (Fsp3) is 0.867. The Morgan fingerprint density at radius 1 is 0.960 bits per heavy atom. The van der Waals surface area contributed by atoms with Crippen LogP contribution >= 0.6 is 24.8 Å². The van der Waals surface area contributed by atoms with Crippen molar-refractivity contribution in [2.75, 3.05) is 85.8 Å². The smallest absolute Gasteiger partial charge is 0.236 e. The summed E-state index contributed by atoms with van der Waals surface area (Å²) < 4.78 is 10.2. The molecule has 0 aromatic rings. The van der Waals surface area contributed by atoms with Crippen molar-refractivity contribution in [3.05, 3.63) is 0 Å². The van der Waals surface area contributed by atoms with E-state index in [9.17, 15) is 9.59 Å². The summed E-state index contributed by atoms with van der Waals surface area (Å²) in [6.45, 7) is 7.53. The molecule has 2 amide bonds. The first-order chi connectivity index (χ1) is 11.2. The van der Waals surface area contributed by atoms with Gasteiger partial charge in [-0.05, 0) is 0 Å². The molecule has 0 atom stereocenters. The number of rotatable bonds is 7. The van der Waals surface area contributed by atoms with Gasteiger partial charge in [0.2, 0.25) is 11.8 Å². The molecule has 0 aliphatic carbocycles. The molecule has 148 valence electrons. The van der Waals surface area contributed by atoms with Crippen LogP contribution in [-0.2, 0) is 19.1 Å². The zero-order chi connectivity index (χ0) is 16.5. The average molecular weight is 401 g/mol. The first kappa shape index (κ1) is 24.4. The van der Waals surface area contributed by atoms with E-state index < -0.39 is 0 Å². The van der Waals surface area contributed by atoms with E-state index in [1.54, 1.807) is 7.11 Å². The third-order valence-corrected chi connectivity index (χ3v) is 4.21. The van der Waals surface area contributed by atoms with Gasteiger partial charge in [-0.2, -0.15) is 0 Å². The molecule has 2 fully saturated rings. The van der Waals surface area contributed by atoms with Gasteiger partial charge in [0, 0.05) is 52.9 Å². The molecule has 1 N–H and O–H groups in total. The molecule has 2 heterocycles. The molecule has 0 aromatic heterocycles. The minimum Gasteiger partial charge on any atom is -0.383 e. The number of ether oxygens (including phenoxy) is 2. The topological polar surface area (TPSA) is 74.4 Å².